The molecule has 0 aliphatic heterocycles. The predicted octanol–water partition coefficient (Wildman–Crippen LogP) is 9.37. The van der Waals surface area contributed by atoms with Gasteiger partial charge < -0.3 is 4.57 Å². The molecule has 42 heavy (non-hydrogen) atoms. The summed E-state index contributed by atoms with van der Waals surface area (Å²) < 4.78 is 111. The lowest BCUT2D eigenvalue weighted by Gasteiger charge is -2.17. The maximum absolute atomic E-state index is 14.5. The molecule has 220 valence electrons. The second-order valence-electron chi connectivity index (χ2n) is 9.20. The van der Waals surface area contributed by atoms with E-state index in [1.807, 2.05) is 6.92 Å². The molecule has 0 saturated carbocycles. The molecule has 4 rings (SSSR count). The van der Waals surface area contributed by atoms with Gasteiger partial charge in [0.25, 0.3) is 5.56 Å². The van der Waals surface area contributed by atoms with E-state index in [2.05, 4.69) is 0 Å². The van der Waals surface area contributed by atoms with Gasteiger partial charge in [0.15, 0.2) is 0 Å². The summed E-state index contributed by atoms with van der Waals surface area (Å²) in [7, 11) is 0. The van der Waals surface area contributed by atoms with E-state index in [1.54, 1.807) is 6.07 Å². The van der Waals surface area contributed by atoms with Gasteiger partial charge in [0, 0.05) is 16.5 Å². The Morgan fingerprint density at radius 2 is 1.69 bits per heavy atom. The molecular weight excluding hydrogens is 608 g/mol. The van der Waals surface area contributed by atoms with Crippen molar-refractivity contribution in [2.75, 3.05) is 5.75 Å². The van der Waals surface area contributed by atoms with Gasteiger partial charge in [0.1, 0.15) is 23.3 Å². The topological polar surface area (TPSA) is 45.8 Å². The molecule has 0 aliphatic carbocycles. The highest BCUT2D eigenvalue weighted by Crippen LogP contribution is 2.40. The van der Waals surface area contributed by atoms with Crippen LogP contribution in [0.2, 0.25) is 0 Å². The predicted molar refractivity (Wildman–Crippen MR) is 145 cm³/mol. The Morgan fingerprint density at radius 3 is 2.31 bits per heavy atom. The van der Waals surface area contributed by atoms with E-state index >= 15 is 0 Å². The highest BCUT2D eigenvalue weighted by molar-refractivity contribution is 7.99. The summed E-state index contributed by atoms with van der Waals surface area (Å²) in [5.41, 5.74) is -5.12. The molecule has 0 fully saturated rings. The number of alkyl halides is 6. The first-order valence-corrected chi connectivity index (χ1v) is 14.2. The van der Waals surface area contributed by atoms with Crippen molar-refractivity contribution in [3.63, 3.8) is 0 Å². The Labute approximate surface area is 243 Å². The summed E-state index contributed by atoms with van der Waals surface area (Å²) in [6.07, 6.45) is -8.11. The minimum absolute atomic E-state index is 0.0530. The van der Waals surface area contributed by atoms with E-state index in [9.17, 15) is 45.2 Å². The van der Waals surface area contributed by atoms with Crippen molar-refractivity contribution < 1.29 is 35.1 Å². The van der Waals surface area contributed by atoms with Crippen LogP contribution in [0.1, 0.15) is 42.0 Å². The molecule has 0 unspecified atom stereocenters. The van der Waals surface area contributed by atoms with Crippen LogP contribution in [-0.2, 0) is 18.9 Å². The Balaban J connectivity index is 1.89. The van der Waals surface area contributed by atoms with E-state index in [0.29, 0.717) is 22.8 Å². The van der Waals surface area contributed by atoms with Crippen LogP contribution in [0.5, 0.6) is 0 Å². The lowest BCUT2D eigenvalue weighted by Crippen LogP contribution is -2.28. The van der Waals surface area contributed by atoms with Crippen molar-refractivity contribution in [1.29, 1.82) is 5.26 Å². The van der Waals surface area contributed by atoms with Crippen molar-refractivity contribution in [3.8, 4) is 27.8 Å². The Bertz CT molecular complexity index is 1710. The molecule has 3 nitrogen and oxygen atoms in total. The number of hydrogen-bond acceptors (Lipinski definition) is 4. The highest BCUT2D eigenvalue weighted by atomic mass is 32.2. The molecule has 13 heteroatoms. The SMILES string of the molecule is CCCCSc1cc(-c2csc(-c3cc(C(F)(F)F)c(C#N)c(=O)n3Cc3ccc(F)cc3F)c2)cc(C(F)(F)F)c1. The Hall–Kier alpha value is -3.63. The van der Waals surface area contributed by atoms with Crippen LogP contribution in [0, 0.1) is 23.0 Å². The van der Waals surface area contributed by atoms with Gasteiger partial charge in [-0.1, -0.05) is 19.4 Å². The van der Waals surface area contributed by atoms with Gasteiger partial charge >= 0.3 is 12.4 Å². The third-order valence-electron chi connectivity index (χ3n) is 6.25. The molecule has 4 aromatic rings. The second-order valence-corrected chi connectivity index (χ2v) is 11.3. The quantitative estimate of drug-likeness (QED) is 0.111. The fourth-order valence-electron chi connectivity index (χ4n) is 4.13. The molecule has 2 aromatic heterocycles. The Morgan fingerprint density at radius 1 is 0.952 bits per heavy atom. The number of nitriles is 1. The van der Waals surface area contributed by atoms with Gasteiger partial charge in [0.2, 0.25) is 0 Å². The molecule has 0 atom stereocenters. The largest absolute Gasteiger partial charge is 0.417 e. The monoisotopic (exact) mass is 628 g/mol. The smallest absolute Gasteiger partial charge is 0.302 e. The van der Waals surface area contributed by atoms with Gasteiger partial charge in [-0.05, 0) is 65.1 Å². The third kappa shape index (κ3) is 6.87. The fraction of sp³-hybridized carbons (Fsp3) is 0.241. The molecule has 0 amide bonds. The lowest BCUT2D eigenvalue weighted by atomic mass is 10.0. The zero-order valence-corrected chi connectivity index (χ0v) is 23.3. The number of hydrogen-bond donors (Lipinski definition) is 0. The number of unbranched alkanes of at least 4 members (excludes halogenated alkanes) is 1. The normalized spacial score (nSPS) is 12.0. The summed E-state index contributed by atoms with van der Waals surface area (Å²) in [4.78, 5) is 13.6. The van der Waals surface area contributed by atoms with Crippen molar-refractivity contribution in [2.45, 2.75) is 43.6 Å². The molecule has 0 spiro atoms. The molecule has 0 saturated heterocycles. The van der Waals surface area contributed by atoms with Crippen LogP contribution < -0.4 is 5.56 Å². The first-order chi connectivity index (χ1) is 19.7. The van der Waals surface area contributed by atoms with E-state index in [0.717, 1.165) is 53.0 Å². The minimum atomic E-state index is -5.09. The summed E-state index contributed by atoms with van der Waals surface area (Å²) in [6, 6.07) is 9.15. The summed E-state index contributed by atoms with van der Waals surface area (Å²) in [5, 5.41) is 10.8. The van der Waals surface area contributed by atoms with Gasteiger partial charge in [-0.15, -0.1) is 23.1 Å². The van der Waals surface area contributed by atoms with Crippen LogP contribution in [-0.4, -0.2) is 10.3 Å². The molecule has 0 radical (unpaired) electrons. The van der Waals surface area contributed by atoms with Crippen molar-refractivity contribution in [3.05, 3.63) is 98.2 Å². The third-order valence-corrected chi connectivity index (χ3v) is 8.26. The number of thiophene rings is 1. The molecule has 2 aromatic carbocycles. The first kappa shape index (κ1) is 31.3. The number of rotatable bonds is 8. The van der Waals surface area contributed by atoms with Crippen molar-refractivity contribution >= 4 is 23.1 Å². The van der Waals surface area contributed by atoms with Crippen LogP contribution in [0.25, 0.3) is 21.7 Å². The highest BCUT2D eigenvalue weighted by Gasteiger charge is 2.37. The fourth-order valence-corrected chi connectivity index (χ4v) is 6.16. The van der Waals surface area contributed by atoms with Crippen LogP contribution in [0.15, 0.2) is 63.6 Å². The van der Waals surface area contributed by atoms with E-state index in [-0.39, 0.29) is 27.3 Å². The summed E-state index contributed by atoms with van der Waals surface area (Å²) in [5.74, 6) is -1.38. The number of halogens is 8. The van der Waals surface area contributed by atoms with Gasteiger partial charge in [-0.2, -0.15) is 31.6 Å². The number of benzene rings is 2. The number of aromatic nitrogens is 1. The summed E-state index contributed by atoms with van der Waals surface area (Å²) >= 11 is 2.10. The van der Waals surface area contributed by atoms with Crippen LogP contribution in [0.4, 0.5) is 35.1 Å². The van der Waals surface area contributed by atoms with E-state index < -0.39 is 52.8 Å². The molecule has 0 bridgehead atoms. The zero-order valence-electron chi connectivity index (χ0n) is 21.7. The van der Waals surface area contributed by atoms with Gasteiger partial charge in [-0.3, -0.25) is 4.79 Å². The average molecular weight is 629 g/mol. The maximum Gasteiger partial charge on any atom is 0.417 e. The zero-order chi connectivity index (χ0) is 30.8. The second kappa shape index (κ2) is 12.3. The first-order valence-electron chi connectivity index (χ1n) is 12.4. The van der Waals surface area contributed by atoms with Crippen LogP contribution >= 0.6 is 23.1 Å². The molecule has 0 aliphatic rings. The van der Waals surface area contributed by atoms with E-state index in [4.69, 9.17) is 0 Å². The van der Waals surface area contributed by atoms with Crippen LogP contribution in [0.3, 0.4) is 0 Å². The average Bonchev–Trinajstić information content (AvgIpc) is 3.40. The molecular formula is C29H20F8N2OS2. The number of pyridine rings is 1. The van der Waals surface area contributed by atoms with Crippen molar-refractivity contribution in [1.82, 2.24) is 4.57 Å². The van der Waals surface area contributed by atoms with Gasteiger partial charge in [-0.25, -0.2) is 8.78 Å². The number of nitrogens with zero attached hydrogens (tertiary/aromatic N) is 2. The van der Waals surface area contributed by atoms with Gasteiger partial charge in [0.05, 0.1) is 28.2 Å². The van der Waals surface area contributed by atoms with E-state index in [1.165, 1.54) is 29.3 Å². The standard InChI is InChI=1S/C29H20F8N2OS2/c1-2-3-6-41-21-8-17(7-19(10-21)28(32,33)34)18-9-26(42-15-18)25-12-23(29(35,36)37)22(13-38)27(40)39(25)14-16-4-5-20(30)11-24(16)31/h4-5,7-12,15H,2-3,6,14H2,1H3. The minimum Gasteiger partial charge on any atom is -0.302 e. The maximum atomic E-state index is 14.5. The lowest BCUT2D eigenvalue weighted by molar-refractivity contribution is -0.138. The Kier molecular flexibility index (Phi) is 9.18. The van der Waals surface area contributed by atoms with Crippen molar-refractivity contribution in [2.24, 2.45) is 0 Å². The summed E-state index contributed by atoms with van der Waals surface area (Å²) in [6.45, 7) is 1.31. The number of thioether (sulfide) groups is 1. The molecule has 2 heterocycles. The molecule has 0 N–H and O–H groups in total.